The number of aromatic nitrogens is 5. The molecule has 0 spiro atoms. The van der Waals surface area contributed by atoms with Crippen molar-refractivity contribution in [2.45, 2.75) is 45.6 Å². The highest BCUT2D eigenvalue weighted by molar-refractivity contribution is 5.92. The van der Waals surface area contributed by atoms with Crippen LogP contribution in [0.1, 0.15) is 33.9 Å². The molecule has 11 heteroatoms. The molecule has 1 atom stereocenters. The minimum atomic E-state index is -1.32. The van der Waals surface area contributed by atoms with Gasteiger partial charge in [0.05, 0.1) is 31.4 Å². The quantitative estimate of drug-likeness (QED) is 0.315. The van der Waals surface area contributed by atoms with Crippen LogP contribution in [0.5, 0.6) is 0 Å². The Kier molecular flexibility index (Phi) is 8.70. The number of anilines is 1. The Bertz CT molecular complexity index is 1450. The Balaban J connectivity index is 1.23. The number of amides is 2. The van der Waals surface area contributed by atoms with E-state index in [1.807, 2.05) is 49.4 Å². The highest BCUT2D eigenvalue weighted by Gasteiger charge is 2.14. The lowest BCUT2D eigenvalue weighted by Gasteiger charge is -2.11. The number of rotatable bonds is 11. The Morgan fingerprint density at radius 3 is 2.66 bits per heavy atom. The Hall–Kier alpha value is -4.67. The monoisotopic (exact) mass is 517 g/mol. The molecule has 0 aliphatic rings. The lowest BCUT2D eigenvalue weighted by Crippen LogP contribution is -2.24. The molecule has 0 saturated carbocycles. The molecule has 0 fully saturated rings. The maximum Gasteiger partial charge on any atom is 0.273 e. The number of hydrogen-bond donors (Lipinski definition) is 2. The summed E-state index contributed by atoms with van der Waals surface area (Å²) in [6, 6.07) is 17.7. The van der Waals surface area contributed by atoms with Crippen LogP contribution in [0, 0.1) is 6.92 Å². The van der Waals surface area contributed by atoms with Gasteiger partial charge in [-0.15, -0.1) is 5.10 Å². The van der Waals surface area contributed by atoms with E-state index in [-0.39, 0.29) is 49.6 Å². The van der Waals surface area contributed by atoms with Gasteiger partial charge in [0.2, 0.25) is 5.91 Å². The van der Waals surface area contributed by atoms with Crippen LogP contribution < -0.4 is 16.2 Å². The van der Waals surface area contributed by atoms with Crippen LogP contribution in [0.3, 0.4) is 0 Å². The topological polar surface area (TPSA) is 124 Å². The number of benzene rings is 1. The van der Waals surface area contributed by atoms with E-state index in [4.69, 9.17) is 0 Å². The molecule has 1 unspecified atom stereocenters. The number of carbonyl (C=O) groups excluding carboxylic acids is 2. The minimum absolute atomic E-state index is 0.0556. The van der Waals surface area contributed by atoms with Crippen LogP contribution in [0.15, 0.2) is 77.9 Å². The van der Waals surface area contributed by atoms with E-state index in [2.05, 4.69) is 25.9 Å². The molecule has 3 aromatic heterocycles. The number of nitrogens with one attached hydrogen (secondary N) is 2. The van der Waals surface area contributed by atoms with Gasteiger partial charge in [0.25, 0.3) is 11.5 Å². The molecule has 38 heavy (non-hydrogen) atoms. The van der Waals surface area contributed by atoms with Crippen molar-refractivity contribution >= 4 is 17.5 Å². The summed E-state index contributed by atoms with van der Waals surface area (Å²) in [6.07, 6.45) is 1.84. The highest BCUT2D eigenvalue weighted by atomic mass is 19.1. The van der Waals surface area contributed by atoms with E-state index in [9.17, 15) is 18.8 Å². The Morgan fingerprint density at radius 1 is 1.08 bits per heavy atom. The second kappa shape index (κ2) is 12.5. The maximum atomic E-state index is 14.6. The molecular weight excluding hydrogens is 489 g/mol. The molecule has 0 saturated heterocycles. The van der Waals surface area contributed by atoms with E-state index in [0.29, 0.717) is 11.4 Å². The number of alkyl halides is 1. The SMILES string of the molecule is Cc1cccc(CNC(=O)c2cn(CC(F)CCn3ccc(NC(=O)Cc4ccccc4)cc3=O)nn2)n1. The largest absolute Gasteiger partial charge is 0.345 e. The summed E-state index contributed by atoms with van der Waals surface area (Å²) in [7, 11) is 0. The van der Waals surface area contributed by atoms with Crippen molar-refractivity contribution in [3.05, 3.63) is 106 Å². The maximum absolute atomic E-state index is 14.6. The summed E-state index contributed by atoms with van der Waals surface area (Å²) < 4.78 is 17.2. The van der Waals surface area contributed by atoms with Crippen molar-refractivity contribution in [2.24, 2.45) is 0 Å². The molecule has 2 N–H and O–H groups in total. The summed E-state index contributed by atoms with van der Waals surface area (Å²) in [5.41, 5.74) is 2.54. The Labute approximate surface area is 218 Å². The number of hydrogen-bond acceptors (Lipinski definition) is 6. The fraction of sp³-hybridized carbons (Fsp3) is 0.259. The first-order valence-corrected chi connectivity index (χ1v) is 12.1. The van der Waals surface area contributed by atoms with Gasteiger partial charge < -0.3 is 15.2 Å². The van der Waals surface area contributed by atoms with Crippen LogP contribution in [-0.4, -0.2) is 42.5 Å². The van der Waals surface area contributed by atoms with Crippen LogP contribution in [0.2, 0.25) is 0 Å². The normalized spacial score (nSPS) is 11.6. The average molecular weight is 518 g/mol. The van der Waals surface area contributed by atoms with E-state index >= 15 is 0 Å². The van der Waals surface area contributed by atoms with E-state index in [1.54, 1.807) is 12.1 Å². The fourth-order valence-electron chi connectivity index (χ4n) is 3.78. The number of carbonyl (C=O) groups is 2. The molecule has 0 aliphatic carbocycles. The van der Waals surface area contributed by atoms with Crippen molar-refractivity contribution in [1.29, 1.82) is 0 Å². The first-order chi connectivity index (χ1) is 18.4. The predicted molar refractivity (Wildman–Crippen MR) is 139 cm³/mol. The number of nitrogens with zero attached hydrogens (tertiary/aromatic N) is 5. The molecule has 196 valence electrons. The summed E-state index contributed by atoms with van der Waals surface area (Å²) in [4.78, 5) is 41.3. The fourth-order valence-corrected chi connectivity index (χ4v) is 3.78. The lowest BCUT2D eigenvalue weighted by atomic mass is 10.1. The summed E-state index contributed by atoms with van der Waals surface area (Å²) in [6.45, 7) is 2.14. The van der Waals surface area contributed by atoms with Gasteiger partial charge >= 0.3 is 0 Å². The molecule has 0 radical (unpaired) electrons. The Morgan fingerprint density at radius 2 is 1.89 bits per heavy atom. The number of halogens is 1. The number of pyridine rings is 2. The third-order valence-electron chi connectivity index (χ3n) is 5.70. The molecule has 0 aliphatic heterocycles. The first-order valence-electron chi connectivity index (χ1n) is 12.1. The van der Waals surface area contributed by atoms with Crippen LogP contribution in [0.4, 0.5) is 10.1 Å². The van der Waals surface area contributed by atoms with Gasteiger partial charge in [-0.1, -0.05) is 41.6 Å². The highest BCUT2D eigenvalue weighted by Crippen LogP contribution is 2.08. The summed E-state index contributed by atoms with van der Waals surface area (Å²) >= 11 is 0. The van der Waals surface area contributed by atoms with E-state index in [1.165, 1.54) is 27.7 Å². The molecule has 4 rings (SSSR count). The van der Waals surface area contributed by atoms with Crippen molar-refractivity contribution in [3.8, 4) is 0 Å². The van der Waals surface area contributed by atoms with Gasteiger partial charge in [-0.05, 0) is 37.1 Å². The molecular formula is C27H28FN7O3. The summed E-state index contributed by atoms with van der Waals surface area (Å²) in [5.74, 6) is -0.664. The van der Waals surface area contributed by atoms with Gasteiger partial charge in [-0.2, -0.15) is 0 Å². The standard InChI is InChI=1S/C27H28FN7O3/c1-19-6-5-9-23(30-19)16-29-27(38)24-18-35(33-32-24)17-21(28)10-12-34-13-11-22(15-26(34)37)31-25(36)14-20-7-3-2-4-8-20/h2-9,11,13,15,18,21H,10,12,14,16-17H2,1H3,(H,29,38)(H,31,36). The smallest absolute Gasteiger partial charge is 0.273 e. The van der Waals surface area contributed by atoms with Gasteiger partial charge in [0.1, 0.15) is 6.17 Å². The number of aryl methyl sites for hydroxylation is 2. The first kappa shape index (κ1) is 26.4. The molecule has 0 bridgehead atoms. The second-order valence-corrected chi connectivity index (χ2v) is 8.82. The lowest BCUT2D eigenvalue weighted by molar-refractivity contribution is -0.115. The zero-order valence-electron chi connectivity index (χ0n) is 20.9. The molecule has 10 nitrogen and oxygen atoms in total. The van der Waals surface area contributed by atoms with Crippen LogP contribution >= 0.6 is 0 Å². The third-order valence-corrected chi connectivity index (χ3v) is 5.70. The zero-order valence-corrected chi connectivity index (χ0v) is 20.9. The third kappa shape index (κ3) is 7.66. The predicted octanol–water partition coefficient (Wildman–Crippen LogP) is 2.68. The second-order valence-electron chi connectivity index (χ2n) is 8.82. The molecule has 3 heterocycles. The summed E-state index contributed by atoms with van der Waals surface area (Å²) in [5, 5.41) is 13.1. The minimum Gasteiger partial charge on any atom is -0.345 e. The van der Waals surface area contributed by atoms with E-state index in [0.717, 1.165) is 11.3 Å². The molecule has 4 aromatic rings. The van der Waals surface area contributed by atoms with Crippen molar-refractivity contribution in [2.75, 3.05) is 5.32 Å². The van der Waals surface area contributed by atoms with Gasteiger partial charge in [-0.25, -0.2) is 9.07 Å². The zero-order chi connectivity index (χ0) is 26.9. The van der Waals surface area contributed by atoms with Gasteiger partial charge in [0, 0.05) is 30.2 Å². The van der Waals surface area contributed by atoms with Crippen molar-refractivity contribution in [3.63, 3.8) is 0 Å². The van der Waals surface area contributed by atoms with Crippen LogP contribution in [-0.2, 0) is 30.8 Å². The van der Waals surface area contributed by atoms with Crippen LogP contribution in [0.25, 0.3) is 0 Å². The molecule has 1 aromatic carbocycles. The van der Waals surface area contributed by atoms with E-state index < -0.39 is 12.1 Å². The molecule has 2 amide bonds. The van der Waals surface area contributed by atoms with Crippen molar-refractivity contribution in [1.82, 2.24) is 29.9 Å². The average Bonchev–Trinajstić information content (AvgIpc) is 3.36. The van der Waals surface area contributed by atoms with Gasteiger partial charge in [0.15, 0.2) is 5.69 Å². The van der Waals surface area contributed by atoms with Gasteiger partial charge in [-0.3, -0.25) is 19.4 Å². The van der Waals surface area contributed by atoms with Crippen molar-refractivity contribution < 1.29 is 14.0 Å².